The molecule has 7 nitrogen and oxygen atoms in total. The second-order valence-corrected chi connectivity index (χ2v) is 7.49. The lowest BCUT2D eigenvalue weighted by atomic mass is 10.2. The minimum absolute atomic E-state index is 0.0244. The van der Waals surface area contributed by atoms with E-state index in [0.717, 1.165) is 37.7 Å². The average molecular weight is 418 g/mol. The van der Waals surface area contributed by atoms with Gasteiger partial charge in [-0.15, -0.1) is 0 Å². The van der Waals surface area contributed by atoms with Crippen LogP contribution in [0.25, 0.3) is 5.69 Å². The van der Waals surface area contributed by atoms with Crippen molar-refractivity contribution in [2.45, 2.75) is 0 Å². The van der Waals surface area contributed by atoms with Gasteiger partial charge in [-0.2, -0.15) is 0 Å². The van der Waals surface area contributed by atoms with Gasteiger partial charge in [0.25, 0.3) is 5.91 Å². The molecule has 0 spiro atoms. The third-order valence-electron chi connectivity index (χ3n) is 5.27. The van der Waals surface area contributed by atoms with Crippen LogP contribution in [0.1, 0.15) is 10.4 Å². The summed E-state index contributed by atoms with van der Waals surface area (Å²) in [6.45, 7) is 3.17. The highest BCUT2D eigenvalue weighted by atomic mass is 16.5. The second kappa shape index (κ2) is 9.49. The van der Waals surface area contributed by atoms with Gasteiger partial charge in [0.1, 0.15) is 0 Å². The Bertz CT molecular complexity index is 1010. The Kier molecular flexibility index (Phi) is 6.33. The van der Waals surface area contributed by atoms with Crippen LogP contribution in [0.5, 0.6) is 0 Å². The van der Waals surface area contributed by atoms with E-state index in [0.29, 0.717) is 11.3 Å². The highest BCUT2D eigenvalue weighted by molar-refractivity contribution is 5.99. The summed E-state index contributed by atoms with van der Waals surface area (Å²) in [6.07, 6.45) is 3.89. The number of nitrogens with one attached hydrogen (secondary N) is 1. The van der Waals surface area contributed by atoms with Gasteiger partial charge in [0.05, 0.1) is 19.8 Å². The van der Waals surface area contributed by atoms with E-state index in [1.54, 1.807) is 19.2 Å². The number of aromatic nitrogens is 1. The van der Waals surface area contributed by atoms with E-state index in [1.165, 1.54) is 4.90 Å². The Labute approximate surface area is 181 Å². The second-order valence-electron chi connectivity index (χ2n) is 7.49. The number of ether oxygens (including phenoxy) is 1. The lowest BCUT2D eigenvalue weighted by molar-refractivity contribution is -0.116. The molecule has 1 N–H and O–H groups in total. The molecule has 2 heterocycles. The van der Waals surface area contributed by atoms with Crippen LogP contribution in [-0.2, 0) is 9.53 Å². The largest absolute Gasteiger partial charge is 0.378 e. The number of carbonyl (C=O) groups excluding carboxylic acids is 2. The van der Waals surface area contributed by atoms with Gasteiger partial charge in [-0.3, -0.25) is 9.59 Å². The van der Waals surface area contributed by atoms with Crippen LogP contribution < -0.4 is 10.2 Å². The van der Waals surface area contributed by atoms with Crippen molar-refractivity contribution in [1.29, 1.82) is 0 Å². The fourth-order valence-corrected chi connectivity index (χ4v) is 3.57. The minimum atomic E-state index is -0.237. The maximum atomic E-state index is 12.7. The predicted octanol–water partition coefficient (Wildman–Crippen LogP) is 3.02. The molecule has 0 atom stereocenters. The van der Waals surface area contributed by atoms with Gasteiger partial charge in [0.2, 0.25) is 5.91 Å². The Hall–Kier alpha value is -3.58. The zero-order chi connectivity index (χ0) is 21.6. The number of anilines is 2. The summed E-state index contributed by atoms with van der Waals surface area (Å²) >= 11 is 0. The lowest BCUT2D eigenvalue weighted by Gasteiger charge is -2.28. The summed E-state index contributed by atoms with van der Waals surface area (Å²) in [5.74, 6) is -0.434. The van der Waals surface area contributed by atoms with Crippen molar-refractivity contribution < 1.29 is 14.3 Å². The molecule has 1 aliphatic rings. The molecular weight excluding hydrogens is 392 g/mol. The normalized spacial score (nSPS) is 13.6. The molecule has 2 amide bonds. The Morgan fingerprint density at radius 3 is 2.19 bits per heavy atom. The van der Waals surface area contributed by atoms with Gasteiger partial charge in [-0.1, -0.05) is 0 Å². The number of amides is 2. The number of benzene rings is 2. The molecule has 3 aromatic rings. The van der Waals surface area contributed by atoms with E-state index in [1.807, 2.05) is 65.5 Å². The molecule has 7 heteroatoms. The molecule has 2 aromatic carbocycles. The maximum absolute atomic E-state index is 12.7. The summed E-state index contributed by atoms with van der Waals surface area (Å²) in [7, 11) is 1.63. The molecule has 1 fully saturated rings. The third kappa shape index (κ3) is 5.13. The Morgan fingerprint density at radius 1 is 0.935 bits per heavy atom. The third-order valence-corrected chi connectivity index (χ3v) is 5.27. The van der Waals surface area contributed by atoms with Crippen molar-refractivity contribution in [2.75, 3.05) is 50.1 Å². The van der Waals surface area contributed by atoms with Crippen LogP contribution in [0.3, 0.4) is 0 Å². The zero-order valence-electron chi connectivity index (χ0n) is 17.5. The van der Waals surface area contributed by atoms with Gasteiger partial charge < -0.3 is 24.4 Å². The van der Waals surface area contributed by atoms with Crippen molar-refractivity contribution >= 4 is 23.2 Å². The first-order chi connectivity index (χ1) is 15.1. The van der Waals surface area contributed by atoms with E-state index in [2.05, 4.69) is 10.2 Å². The quantitative estimate of drug-likeness (QED) is 0.668. The number of nitrogens with zero attached hydrogens (tertiary/aromatic N) is 3. The Balaban J connectivity index is 1.31. The predicted molar refractivity (Wildman–Crippen MR) is 121 cm³/mol. The van der Waals surface area contributed by atoms with Crippen LogP contribution >= 0.6 is 0 Å². The monoisotopic (exact) mass is 418 g/mol. The molecule has 160 valence electrons. The summed E-state index contributed by atoms with van der Waals surface area (Å²) in [6, 6.07) is 18.9. The van der Waals surface area contributed by atoms with Crippen molar-refractivity contribution in [1.82, 2.24) is 9.47 Å². The molecule has 0 aliphatic carbocycles. The molecule has 31 heavy (non-hydrogen) atoms. The van der Waals surface area contributed by atoms with E-state index in [-0.39, 0.29) is 18.4 Å². The fraction of sp³-hybridized carbons (Fsp3) is 0.250. The van der Waals surface area contributed by atoms with E-state index in [4.69, 9.17) is 4.74 Å². The highest BCUT2D eigenvalue weighted by Gasteiger charge is 2.16. The number of carbonyl (C=O) groups is 2. The summed E-state index contributed by atoms with van der Waals surface area (Å²) in [4.78, 5) is 28.8. The van der Waals surface area contributed by atoms with Crippen LogP contribution in [0, 0.1) is 0 Å². The molecule has 1 saturated heterocycles. The minimum Gasteiger partial charge on any atom is -0.378 e. The summed E-state index contributed by atoms with van der Waals surface area (Å²) < 4.78 is 7.34. The number of hydrogen-bond acceptors (Lipinski definition) is 4. The molecule has 0 radical (unpaired) electrons. The van der Waals surface area contributed by atoms with Crippen LogP contribution in [-0.4, -0.2) is 61.2 Å². The smallest absolute Gasteiger partial charge is 0.254 e. The van der Waals surface area contributed by atoms with Crippen LogP contribution in [0.4, 0.5) is 11.4 Å². The van der Waals surface area contributed by atoms with E-state index >= 15 is 0 Å². The SMILES string of the molecule is CN(CC(=O)Nc1ccc(N2CCOCC2)cc1)C(=O)c1ccc(-n2cccc2)cc1. The average Bonchev–Trinajstić information content (AvgIpc) is 3.35. The first-order valence-corrected chi connectivity index (χ1v) is 10.3. The molecule has 0 unspecified atom stereocenters. The molecule has 0 saturated carbocycles. The fourth-order valence-electron chi connectivity index (χ4n) is 3.57. The molecule has 1 aromatic heterocycles. The topological polar surface area (TPSA) is 66.8 Å². The molecule has 0 bridgehead atoms. The highest BCUT2D eigenvalue weighted by Crippen LogP contribution is 2.19. The van der Waals surface area contributed by atoms with Crippen molar-refractivity contribution in [2.24, 2.45) is 0 Å². The molecule has 1 aliphatic heterocycles. The van der Waals surface area contributed by atoms with E-state index < -0.39 is 0 Å². The lowest BCUT2D eigenvalue weighted by Crippen LogP contribution is -2.36. The van der Waals surface area contributed by atoms with Crippen molar-refractivity contribution in [3.8, 4) is 5.69 Å². The van der Waals surface area contributed by atoms with E-state index in [9.17, 15) is 9.59 Å². The molecule has 4 rings (SSSR count). The van der Waals surface area contributed by atoms with Crippen molar-refractivity contribution in [3.63, 3.8) is 0 Å². The number of likely N-dealkylation sites (N-methyl/N-ethyl adjacent to an activating group) is 1. The first kappa shape index (κ1) is 20.7. The summed E-state index contributed by atoms with van der Waals surface area (Å²) in [5, 5.41) is 2.86. The zero-order valence-corrected chi connectivity index (χ0v) is 17.5. The van der Waals surface area contributed by atoms with Crippen LogP contribution in [0.2, 0.25) is 0 Å². The number of morpholine rings is 1. The van der Waals surface area contributed by atoms with Gasteiger partial charge in [-0.25, -0.2) is 0 Å². The van der Waals surface area contributed by atoms with Gasteiger partial charge in [-0.05, 0) is 60.7 Å². The summed E-state index contributed by atoms with van der Waals surface area (Å²) in [5.41, 5.74) is 3.33. The van der Waals surface area contributed by atoms with Crippen molar-refractivity contribution in [3.05, 3.63) is 78.6 Å². The van der Waals surface area contributed by atoms with Gasteiger partial charge in [0.15, 0.2) is 0 Å². The van der Waals surface area contributed by atoms with Gasteiger partial charge in [0, 0.05) is 55.2 Å². The Morgan fingerprint density at radius 2 is 1.55 bits per heavy atom. The van der Waals surface area contributed by atoms with Gasteiger partial charge >= 0.3 is 0 Å². The maximum Gasteiger partial charge on any atom is 0.254 e. The first-order valence-electron chi connectivity index (χ1n) is 10.3. The molecular formula is C24H26N4O3. The number of rotatable bonds is 6. The standard InChI is InChI=1S/C24H26N4O3/c1-26(24(30)19-4-8-21(9-5-19)27-12-2-3-13-27)18-23(29)25-20-6-10-22(11-7-20)28-14-16-31-17-15-28/h2-13H,14-18H2,1H3,(H,25,29). The van der Waals surface area contributed by atoms with Crippen LogP contribution in [0.15, 0.2) is 73.1 Å². The number of hydrogen-bond donors (Lipinski definition) is 1.